The van der Waals surface area contributed by atoms with Gasteiger partial charge in [-0.25, -0.2) is 0 Å². The third kappa shape index (κ3) is 1.96. The van der Waals surface area contributed by atoms with E-state index in [-0.39, 0.29) is 22.7 Å². The maximum absolute atomic E-state index is 12.1. The second-order valence-corrected chi connectivity index (χ2v) is 3.33. The van der Waals surface area contributed by atoms with Gasteiger partial charge in [-0.05, 0) is 0 Å². The van der Waals surface area contributed by atoms with Gasteiger partial charge in [-0.15, -0.1) is 5.10 Å². The number of nitrogen functional groups attached to an aromatic ring is 1. The Balaban J connectivity index is 2.53. The summed E-state index contributed by atoms with van der Waals surface area (Å²) in [5.41, 5.74) is 6.22. The number of carbonyl (C=O) groups excluding carboxylic acids is 1. The van der Waals surface area contributed by atoms with Crippen LogP contribution < -0.4 is 5.73 Å². The summed E-state index contributed by atoms with van der Waals surface area (Å²) in [4.78, 5) is 12.1. The molecule has 0 saturated carbocycles. The quantitative estimate of drug-likeness (QED) is 0.772. The first-order valence-corrected chi connectivity index (χ1v) is 4.85. The van der Waals surface area contributed by atoms with Gasteiger partial charge in [0.25, 0.3) is 0 Å². The number of carbonyl (C=O) groups is 1. The van der Waals surface area contributed by atoms with Crippen molar-refractivity contribution in [1.82, 2.24) is 10.2 Å². The standard InChI is InChI=1S/C12H8N4O/c13-6-9-10(7-15-16-12(9)14)11(17)8-4-2-1-3-5-8/h1-5,7H,(H2,14,16). The lowest BCUT2D eigenvalue weighted by Crippen LogP contribution is -2.08. The number of rotatable bonds is 2. The number of hydrogen-bond acceptors (Lipinski definition) is 5. The third-order valence-corrected chi connectivity index (χ3v) is 2.27. The molecule has 0 radical (unpaired) electrons. The van der Waals surface area contributed by atoms with Crippen molar-refractivity contribution in [3.8, 4) is 6.07 Å². The second kappa shape index (κ2) is 4.41. The van der Waals surface area contributed by atoms with Crippen LogP contribution in [0.25, 0.3) is 0 Å². The predicted octanol–water partition coefficient (Wildman–Crippen LogP) is 1.16. The molecule has 5 nitrogen and oxygen atoms in total. The largest absolute Gasteiger partial charge is 0.381 e. The summed E-state index contributed by atoms with van der Waals surface area (Å²) < 4.78 is 0. The Morgan fingerprint density at radius 3 is 2.65 bits per heavy atom. The first kappa shape index (κ1) is 10.8. The molecule has 2 rings (SSSR count). The van der Waals surface area contributed by atoms with E-state index >= 15 is 0 Å². The normalized spacial score (nSPS) is 9.59. The molecular weight excluding hydrogens is 216 g/mol. The number of nitrogens with zero attached hydrogens (tertiary/aromatic N) is 3. The summed E-state index contributed by atoms with van der Waals surface area (Å²) in [6, 6.07) is 10.5. The van der Waals surface area contributed by atoms with Crippen molar-refractivity contribution < 1.29 is 4.79 Å². The number of ketones is 1. The first-order valence-electron chi connectivity index (χ1n) is 4.85. The highest BCUT2D eigenvalue weighted by Crippen LogP contribution is 2.16. The molecule has 2 aromatic rings. The molecule has 17 heavy (non-hydrogen) atoms. The Kier molecular flexibility index (Phi) is 2.79. The highest BCUT2D eigenvalue weighted by atomic mass is 16.1. The maximum Gasteiger partial charge on any atom is 0.196 e. The fourth-order valence-corrected chi connectivity index (χ4v) is 1.44. The first-order chi connectivity index (χ1) is 8.24. The Bertz CT molecular complexity index is 602. The number of aromatic nitrogens is 2. The van der Waals surface area contributed by atoms with Crippen LogP contribution in [0.15, 0.2) is 36.5 Å². The van der Waals surface area contributed by atoms with Crippen LogP contribution in [0.2, 0.25) is 0 Å². The zero-order chi connectivity index (χ0) is 12.3. The van der Waals surface area contributed by atoms with E-state index in [9.17, 15) is 4.79 Å². The molecular formula is C12H8N4O. The Morgan fingerprint density at radius 2 is 2.00 bits per heavy atom. The number of nitrogens with two attached hydrogens (primary N) is 1. The van der Waals surface area contributed by atoms with Crippen LogP contribution in [0.3, 0.4) is 0 Å². The average molecular weight is 224 g/mol. The van der Waals surface area contributed by atoms with Crippen molar-refractivity contribution in [2.75, 3.05) is 5.73 Å². The predicted molar refractivity (Wildman–Crippen MR) is 61.0 cm³/mol. The molecule has 0 bridgehead atoms. The molecule has 0 amide bonds. The summed E-state index contributed by atoms with van der Waals surface area (Å²) in [5.74, 6) is -0.321. The monoisotopic (exact) mass is 224 g/mol. The molecule has 0 aliphatic heterocycles. The molecule has 1 aromatic heterocycles. The molecule has 5 heteroatoms. The van der Waals surface area contributed by atoms with Crippen LogP contribution in [-0.2, 0) is 0 Å². The number of benzene rings is 1. The summed E-state index contributed by atoms with van der Waals surface area (Å²) >= 11 is 0. The van der Waals surface area contributed by atoms with E-state index in [0.29, 0.717) is 5.56 Å². The van der Waals surface area contributed by atoms with Gasteiger partial charge in [-0.2, -0.15) is 10.4 Å². The van der Waals surface area contributed by atoms with Crippen LogP contribution in [0.4, 0.5) is 5.82 Å². The minimum Gasteiger partial charge on any atom is -0.381 e. The van der Waals surface area contributed by atoms with Crippen molar-refractivity contribution in [1.29, 1.82) is 5.26 Å². The fourth-order valence-electron chi connectivity index (χ4n) is 1.44. The third-order valence-electron chi connectivity index (χ3n) is 2.27. The Labute approximate surface area is 97.5 Å². The number of nitriles is 1. The summed E-state index contributed by atoms with van der Waals surface area (Å²) in [5, 5.41) is 16.1. The molecule has 82 valence electrons. The highest BCUT2D eigenvalue weighted by Gasteiger charge is 2.16. The lowest BCUT2D eigenvalue weighted by molar-refractivity contribution is 0.103. The van der Waals surface area contributed by atoms with Crippen LogP contribution >= 0.6 is 0 Å². The molecule has 1 aromatic carbocycles. The Morgan fingerprint density at radius 1 is 1.29 bits per heavy atom. The van der Waals surface area contributed by atoms with Gasteiger partial charge in [0.2, 0.25) is 0 Å². The maximum atomic E-state index is 12.1. The van der Waals surface area contributed by atoms with Crippen molar-refractivity contribution >= 4 is 11.6 Å². The molecule has 2 N–H and O–H groups in total. The van der Waals surface area contributed by atoms with Crippen LogP contribution in [0.1, 0.15) is 21.5 Å². The van der Waals surface area contributed by atoms with E-state index < -0.39 is 0 Å². The van der Waals surface area contributed by atoms with E-state index in [1.165, 1.54) is 6.20 Å². The van der Waals surface area contributed by atoms with Crippen LogP contribution in [-0.4, -0.2) is 16.0 Å². The zero-order valence-corrected chi connectivity index (χ0v) is 8.79. The van der Waals surface area contributed by atoms with Crippen molar-refractivity contribution in [3.05, 3.63) is 53.2 Å². The number of hydrogen-bond donors (Lipinski definition) is 1. The van der Waals surface area contributed by atoms with Gasteiger partial charge in [-0.3, -0.25) is 4.79 Å². The average Bonchev–Trinajstić information content (AvgIpc) is 2.38. The number of anilines is 1. The van der Waals surface area contributed by atoms with Gasteiger partial charge >= 0.3 is 0 Å². The van der Waals surface area contributed by atoms with Gasteiger partial charge in [0, 0.05) is 5.56 Å². The minimum absolute atomic E-state index is 0.0331. The van der Waals surface area contributed by atoms with Crippen LogP contribution in [0, 0.1) is 11.3 Å². The van der Waals surface area contributed by atoms with Crippen molar-refractivity contribution in [2.24, 2.45) is 0 Å². The molecule has 0 saturated heterocycles. The minimum atomic E-state index is -0.288. The summed E-state index contributed by atoms with van der Waals surface area (Å²) in [6.07, 6.45) is 1.25. The molecule has 0 atom stereocenters. The van der Waals surface area contributed by atoms with E-state index in [1.54, 1.807) is 30.3 Å². The van der Waals surface area contributed by atoms with E-state index in [2.05, 4.69) is 10.2 Å². The Hall–Kier alpha value is -2.74. The lowest BCUT2D eigenvalue weighted by atomic mass is 10.0. The topological polar surface area (TPSA) is 92.7 Å². The molecule has 0 unspecified atom stereocenters. The van der Waals surface area contributed by atoms with Gasteiger partial charge < -0.3 is 5.73 Å². The highest BCUT2D eigenvalue weighted by molar-refractivity contribution is 6.10. The van der Waals surface area contributed by atoms with Gasteiger partial charge in [0.05, 0.1) is 11.8 Å². The smallest absolute Gasteiger partial charge is 0.196 e. The molecule has 0 aliphatic carbocycles. The van der Waals surface area contributed by atoms with Crippen molar-refractivity contribution in [2.45, 2.75) is 0 Å². The second-order valence-electron chi connectivity index (χ2n) is 3.33. The SMILES string of the molecule is N#Cc1c(C(=O)c2ccccc2)cnnc1N. The van der Waals surface area contributed by atoms with Gasteiger partial charge in [0.1, 0.15) is 11.6 Å². The molecule has 1 heterocycles. The van der Waals surface area contributed by atoms with Crippen LogP contribution in [0.5, 0.6) is 0 Å². The summed E-state index contributed by atoms with van der Waals surface area (Å²) in [7, 11) is 0. The van der Waals surface area contributed by atoms with Gasteiger partial charge in [-0.1, -0.05) is 30.3 Å². The molecule has 0 aliphatic rings. The lowest BCUT2D eigenvalue weighted by Gasteiger charge is -2.03. The molecule has 0 fully saturated rings. The van der Waals surface area contributed by atoms with E-state index in [1.807, 2.05) is 6.07 Å². The van der Waals surface area contributed by atoms with E-state index in [4.69, 9.17) is 11.0 Å². The van der Waals surface area contributed by atoms with Crippen molar-refractivity contribution in [3.63, 3.8) is 0 Å². The fraction of sp³-hybridized carbons (Fsp3) is 0. The van der Waals surface area contributed by atoms with Gasteiger partial charge in [0.15, 0.2) is 11.6 Å². The van der Waals surface area contributed by atoms with E-state index in [0.717, 1.165) is 0 Å². The zero-order valence-electron chi connectivity index (χ0n) is 8.79. The molecule has 0 spiro atoms. The summed E-state index contributed by atoms with van der Waals surface area (Å²) in [6.45, 7) is 0.